The lowest BCUT2D eigenvalue weighted by molar-refractivity contribution is 0.414. The SMILES string of the molecule is COc1ccc(CC(N)c2cc(Cl)ccc2I)cc1. The summed E-state index contributed by atoms with van der Waals surface area (Å²) in [7, 11) is 1.66. The molecule has 2 rings (SSSR count). The summed E-state index contributed by atoms with van der Waals surface area (Å²) in [4.78, 5) is 0. The van der Waals surface area contributed by atoms with E-state index in [-0.39, 0.29) is 6.04 Å². The molecular formula is C15H15ClINO. The fourth-order valence-electron chi connectivity index (χ4n) is 1.92. The first kappa shape index (κ1) is 14.6. The Kier molecular flexibility index (Phi) is 5.07. The molecule has 100 valence electrons. The van der Waals surface area contributed by atoms with Gasteiger partial charge in [0, 0.05) is 14.6 Å². The van der Waals surface area contributed by atoms with Gasteiger partial charge in [0.15, 0.2) is 0 Å². The maximum atomic E-state index is 6.27. The fourth-order valence-corrected chi connectivity index (χ4v) is 2.84. The lowest BCUT2D eigenvalue weighted by Gasteiger charge is -2.14. The van der Waals surface area contributed by atoms with Gasteiger partial charge in [0.1, 0.15) is 5.75 Å². The second-order valence-electron chi connectivity index (χ2n) is 4.32. The van der Waals surface area contributed by atoms with E-state index in [1.807, 2.05) is 42.5 Å². The van der Waals surface area contributed by atoms with Gasteiger partial charge in [-0.3, -0.25) is 0 Å². The molecule has 4 heteroatoms. The molecule has 19 heavy (non-hydrogen) atoms. The van der Waals surface area contributed by atoms with Gasteiger partial charge < -0.3 is 10.5 Å². The largest absolute Gasteiger partial charge is 0.497 e. The highest BCUT2D eigenvalue weighted by Gasteiger charge is 2.11. The average Bonchev–Trinajstić information content (AvgIpc) is 2.42. The van der Waals surface area contributed by atoms with E-state index in [1.165, 1.54) is 5.56 Å². The Morgan fingerprint density at radius 2 is 1.89 bits per heavy atom. The summed E-state index contributed by atoms with van der Waals surface area (Å²) in [6.07, 6.45) is 0.778. The fraction of sp³-hybridized carbons (Fsp3) is 0.200. The van der Waals surface area contributed by atoms with Gasteiger partial charge in [-0.15, -0.1) is 0 Å². The molecule has 0 heterocycles. The Morgan fingerprint density at radius 3 is 2.53 bits per heavy atom. The highest BCUT2D eigenvalue weighted by atomic mass is 127. The van der Waals surface area contributed by atoms with Gasteiger partial charge in [-0.05, 0) is 70.5 Å². The topological polar surface area (TPSA) is 35.2 Å². The summed E-state index contributed by atoms with van der Waals surface area (Å²) in [5.41, 5.74) is 8.54. The summed E-state index contributed by atoms with van der Waals surface area (Å²) in [5.74, 6) is 0.856. The predicted octanol–water partition coefficient (Wildman–Crippen LogP) is 4.20. The first-order chi connectivity index (χ1) is 9.10. The summed E-state index contributed by atoms with van der Waals surface area (Å²) in [6, 6.07) is 13.7. The number of methoxy groups -OCH3 is 1. The summed E-state index contributed by atoms with van der Waals surface area (Å²) < 4.78 is 6.29. The summed E-state index contributed by atoms with van der Waals surface area (Å²) in [6.45, 7) is 0. The van der Waals surface area contributed by atoms with E-state index in [0.717, 1.165) is 26.3 Å². The van der Waals surface area contributed by atoms with Crippen LogP contribution in [0.2, 0.25) is 5.02 Å². The minimum atomic E-state index is -0.0565. The van der Waals surface area contributed by atoms with Crippen molar-refractivity contribution in [2.75, 3.05) is 7.11 Å². The number of hydrogen-bond donors (Lipinski definition) is 1. The van der Waals surface area contributed by atoms with Crippen molar-refractivity contribution >= 4 is 34.2 Å². The predicted molar refractivity (Wildman–Crippen MR) is 87.8 cm³/mol. The van der Waals surface area contributed by atoms with E-state index in [0.29, 0.717) is 0 Å². The summed E-state index contributed by atoms with van der Waals surface area (Å²) in [5, 5.41) is 0.723. The molecule has 0 spiro atoms. The number of rotatable bonds is 4. The van der Waals surface area contributed by atoms with Gasteiger partial charge in [-0.1, -0.05) is 23.7 Å². The molecule has 0 aliphatic carbocycles. The Bertz CT molecular complexity index is 557. The molecule has 0 aliphatic heterocycles. The van der Waals surface area contributed by atoms with Crippen molar-refractivity contribution in [2.45, 2.75) is 12.5 Å². The lowest BCUT2D eigenvalue weighted by atomic mass is 10.00. The van der Waals surface area contributed by atoms with Gasteiger partial charge in [-0.2, -0.15) is 0 Å². The van der Waals surface area contributed by atoms with Crippen LogP contribution in [0, 0.1) is 3.57 Å². The normalized spacial score (nSPS) is 12.2. The van der Waals surface area contributed by atoms with Crippen molar-refractivity contribution in [3.63, 3.8) is 0 Å². The number of nitrogens with two attached hydrogens (primary N) is 1. The molecule has 0 amide bonds. The molecule has 0 aliphatic rings. The third-order valence-corrected chi connectivity index (χ3v) is 4.19. The van der Waals surface area contributed by atoms with Gasteiger partial charge in [0.2, 0.25) is 0 Å². The van der Waals surface area contributed by atoms with Crippen molar-refractivity contribution in [3.8, 4) is 5.75 Å². The highest BCUT2D eigenvalue weighted by molar-refractivity contribution is 14.1. The number of benzene rings is 2. The van der Waals surface area contributed by atoms with Crippen LogP contribution in [-0.4, -0.2) is 7.11 Å². The Hall–Kier alpha value is -0.780. The molecule has 2 aromatic rings. The Morgan fingerprint density at radius 1 is 1.21 bits per heavy atom. The van der Waals surface area contributed by atoms with Crippen LogP contribution >= 0.6 is 34.2 Å². The molecular weight excluding hydrogens is 373 g/mol. The van der Waals surface area contributed by atoms with Crippen molar-refractivity contribution < 1.29 is 4.74 Å². The smallest absolute Gasteiger partial charge is 0.118 e. The molecule has 0 bridgehead atoms. The van der Waals surface area contributed by atoms with Gasteiger partial charge >= 0.3 is 0 Å². The quantitative estimate of drug-likeness (QED) is 0.798. The van der Waals surface area contributed by atoms with Crippen LogP contribution in [0.25, 0.3) is 0 Å². The van der Waals surface area contributed by atoms with Crippen LogP contribution in [0.15, 0.2) is 42.5 Å². The zero-order valence-electron chi connectivity index (χ0n) is 10.6. The molecule has 0 aromatic heterocycles. The lowest BCUT2D eigenvalue weighted by Crippen LogP contribution is -2.14. The maximum absolute atomic E-state index is 6.27. The summed E-state index contributed by atoms with van der Waals surface area (Å²) >= 11 is 8.32. The zero-order valence-corrected chi connectivity index (χ0v) is 13.5. The van der Waals surface area contributed by atoms with Crippen molar-refractivity contribution in [3.05, 3.63) is 62.2 Å². The molecule has 2 nitrogen and oxygen atoms in total. The van der Waals surface area contributed by atoms with Crippen molar-refractivity contribution in [2.24, 2.45) is 5.73 Å². The monoisotopic (exact) mass is 387 g/mol. The molecule has 1 atom stereocenters. The third-order valence-electron chi connectivity index (χ3n) is 2.97. The van der Waals surface area contributed by atoms with Crippen LogP contribution in [0.1, 0.15) is 17.2 Å². The maximum Gasteiger partial charge on any atom is 0.118 e. The molecule has 0 radical (unpaired) electrons. The van der Waals surface area contributed by atoms with Crippen LogP contribution in [0.3, 0.4) is 0 Å². The molecule has 0 fully saturated rings. The molecule has 0 saturated carbocycles. The molecule has 2 aromatic carbocycles. The van der Waals surface area contributed by atoms with E-state index >= 15 is 0 Å². The van der Waals surface area contributed by atoms with Crippen LogP contribution in [0.5, 0.6) is 5.75 Å². The van der Waals surface area contributed by atoms with Gasteiger partial charge in [0.05, 0.1) is 7.11 Å². The second-order valence-corrected chi connectivity index (χ2v) is 5.92. The molecule has 1 unspecified atom stereocenters. The van der Waals surface area contributed by atoms with E-state index in [1.54, 1.807) is 7.11 Å². The Balaban J connectivity index is 2.15. The number of hydrogen-bond acceptors (Lipinski definition) is 2. The molecule has 0 saturated heterocycles. The molecule has 2 N–H and O–H groups in total. The minimum Gasteiger partial charge on any atom is -0.497 e. The van der Waals surface area contributed by atoms with Crippen LogP contribution in [0.4, 0.5) is 0 Å². The zero-order chi connectivity index (χ0) is 13.8. The van der Waals surface area contributed by atoms with Gasteiger partial charge in [0.25, 0.3) is 0 Å². The van der Waals surface area contributed by atoms with Crippen molar-refractivity contribution in [1.82, 2.24) is 0 Å². The first-order valence-corrected chi connectivity index (χ1v) is 7.39. The standard InChI is InChI=1S/C15H15ClINO/c1-19-12-5-2-10(3-6-12)8-15(18)13-9-11(16)4-7-14(13)17/h2-7,9,15H,8,18H2,1H3. The van der Waals surface area contributed by atoms with E-state index in [4.69, 9.17) is 22.1 Å². The minimum absolute atomic E-state index is 0.0565. The van der Waals surface area contributed by atoms with Crippen molar-refractivity contribution in [1.29, 1.82) is 0 Å². The first-order valence-electron chi connectivity index (χ1n) is 5.93. The number of ether oxygens (including phenoxy) is 1. The van der Waals surface area contributed by atoms with Gasteiger partial charge in [-0.25, -0.2) is 0 Å². The average molecular weight is 388 g/mol. The van der Waals surface area contributed by atoms with Crippen LogP contribution < -0.4 is 10.5 Å². The van der Waals surface area contributed by atoms with E-state index < -0.39 is 0 Å². The van der Waals surface area contributed by atoms with E-state index in [9.17, 15) is 0 Å². The number of halogens is 2. The second kappa shape index (κ2) is 6.59. The highest BCUT2D eigenvalue weighted by Crippen LogP contribution is 2.25. The Labute approximate surface area is 132 Å². The van der Waals surface area contributed by atoms with E-state index in [2.05, 4.69) is 22.6 Å². The third kappa shape index (κ3) is 3.84. The van der Waals surface area contributed by atoms with Crippen LogP contribution in [-0.2, 0) is 6.42 Å².